The molecule has 0 aliphatic carbocycles. The molecule has 1 aromatic rings. The van der Waals surface area contributed by atoms with E-state index in [0.29, 0.717) is 0 Å². The maximum Gasteiger partial charge on any atom is 0.256 e. The lowest BCUT2D eigenvalue weighted by molar-refractivity contribution is -0.704. The molecule has 1 rings (SSSR count). The third-order valence-corrected chi connectivity index (χ3v) is 7.10. The molecule has 0 aliphatic rings. The number of hydrogen-bond acceptors (Lipinski definition) is 0. The third-order valence-electron chi connectivity index (χ3n) is 7.10. The van der Waals surface area contributed by atoms with Gasteiger partial charge in [-0.15, -0.1) is 0 Å². The van der Waals surface area contributed by atoms with Gasteiger partial charge in [-0.1, -0.05) is 130 Å². The molecule has 0 fully saturated rings. The van der Waals surface area contributed by atoms with Gasteiger partial charge in [0.2, 0.25) is 0 Å². The highest BCUT2D eigenvalue weighted by molar-refractivity contribution is 4.84. The third kappa shape index (κ3) is 15.1. The van der Waals surface area contributed by atoms with Crippen molar-refractivity contribution in [3.63, 3.8) is 0 Å². The second-order valence-electron chi connectivity index (χ2n) is 10.2. The van der Waals surface area contributed by atoms with Gasteiger partial charge in [0, 0.05) is 6.42 Å². The Balaban J connectivity index is 2.16. The quantitative estimate of drug-likeness (QED) is 0.110. The predicted molar refractivity (Wildman–Crippen MR) is 142 cm³/mol. The van der Waals surface area contributed by atoms with Crippen molar-refractivity contribution in [1.29, 1.82) is 0 Å². The maximum absolute atomic E-state index is 2.58. The Labute approximate surface area is 202 Å². The van der Waals surface area contributed by atoms with Crippen molar-refractivity contribution in [3.8, 4) is 0 Å². The minimum Gasteiger partial charge on any atom is -0.234 e. The highest BCUT2D eigenvalue weighted by Crippen LogP contribution is 2.13. The van der Waals surface area contributed by atoms with Gasteiger partial charge in [-0.3, -0.25) is 0 Å². The molecule has 2 nitrogen and oxygen atoms in total. The highest BCUT2D eigenvalue weighted by atomic mass is 15.1. The number of aromatic nitrogens is 2. The zero-order chi connectivity index (χ0) is 23.1. The van der Waals surface area contributed by atoms with Crippen molar-refractivity contribution in [2.45, 2.75) is 175 Å². The smallest absolute Gasteiger partial charge is 0.234 e. The van der Waals surface area contributed by atoms with Crippen LogP contribution in [-0.2, 0) is 19.5 Å². The normalized spacial score (nSPS) is 11.5. The summed E-state index contributed by atoms with van der Waals surface area (Å²) in [5.41, 5.74) is 0. The highest BCUT2D eigenvalue weighted by Gasteiger charge is 2.16. The van der Waals surface area contributed by atoms with E-state index in [4.69, 9.17) is 0 Å². The average Bonchev–Trinajstić information content (AvgIpc) is 3.19. The lowest BCUT2D eigenvalue weighted by atomic mass is 10.0. The van der Waals surface area contributed by atoms with Crippen LogP contribution in [0.1, 0.15) is 161 Å². The van der Waals surface area contributed by atoms with Gasteiger partial charge in [0.05, 0.1) is 13.1 Å². The molecule has 2 heteroatoms. The maximum atomic E-state index is 2.58. The first-order valence-electron chi connectivity index (χ1n) is 14.9. The van der Waals surface area contributed by atoms with E-state index in [1.807, 2.05) is 0 Å². The standard InChI is InChI=1S/C30H59N2/c1-4-7-10-12-14-15-16-17-18-19-20-22-24-27-32-29-28-31(26-9-6-3)30(32)25-23-21-13-11-8-5-2/h28-29H,4-27H2,1-3H3/q+1. The molecule has 0 aromatic carbocycles. The largest absolute Gasteiger partial charge is 0.256 e. The Morgan fingerprint density at radius 2 is 0.969 bits per heavy atom. The summed E-state index contributed by atoms with van der Waals surface area (Å²) in [4.78, 5) is 0. The van der Waals surface area contributed by atoms with E-state index in [1.54, 1.807) is 5.82 Å². The van der Waals surface area contributed by atoms with Crippen molar-refractivity contribution >= 4 is 0 Å². The van der Waals surface area contributed by atoms with Crippen molar-refractivity contribution < 1.29 is 4.57 Å². The van der Waals surface area contributed by atoms with Crippen LogP contribution in [0, 0.1) is 0 Å². The van der Waals surface area contributed by atoms with Gasteiger partial charge < -0.3 is 0 Å². The molecule has 0 N–H and O–H groups in total. The molecule has 32 heavy (non-hydrogen) atoms. The van der Waals surface area contributed by atoms with Crippen LogP contribution in [0.5, 0.6) is 0 Å². The second kappa shape index (κ2) is 22.0. The molecule has 0 bridgehead atoms. The molecule has 0 spiro atoms. The molecular weight excluding hydrogens is 388 g/mol. The second-order valence-corrected chi connectivity index (χ2v) is 10.2. The van der Waals surface area contributed by atoms with Crippen LogP contribution in [0.2, 0.25) is 0 Å². The van der Waals surface area contributed by atoms with Gasteiger partial charge in [0.25, 0.3) is 5.82 Å². The summed E-state index contributed by atoms with van der Waals surface area (Å²) in [6, 6.07) is 0. The monoisotopic (exact) mass is 447 g/mol. The van der Waals surface area contributed by atoms with E-state index >= 15 is 0 Å². The molecule has 1 aromatic heterocycles. The van der Waals surface area contributed by atoms with E-state index in [0.717, 1.165) is 0 Å². The van der Waals surface area contributed by atoms with Gasteiger partial charge >= 0.3 is 0 Å². The van der Waals surface area contributed by atoms with Gasteiger partial charge in [-0.05, 0) is 25.7 Å². The summed E-state index contributed by atoms with van der Waals surface area (Å²) in [6.45, 7) is 9.34. The molecule has 0 saturated carbocycles. The number of nitrogens with zero attached hydrogens (tertiary/aromatic N) is 2. The summed E-state index contributed by atoms with van der Waals surface area (Å²) in [5, 5.41) is 0. The zero-order valence-corrected chi connectivity index (χ0v) is 22.5. The number of aryl methyl sites for hydroxylation is 2. The molecule has 1 heterocycles. The summed E-state index contributed by atoms with van der Waals surface area (Å²) in [5.74, 6) is 1.59. The van der Waals surface area contributed by atoms with Crippen molar-refractivity contribution in [3.05, 3.63) is 18.2 Å². The number of hydrogen-bond donors (Lipinski definition) is 0. The van der Waals surface area contributed by atoms with Crippen LogP contribution in [0.15, 0.2) is 12.4 Å². The van der Waals surface area contributed by atoms with Gasteiger partial charge in [-0.25, -0.2) is 9.13 Å². The Morgan fingerprint density at radius 3 is 1.47 bits per heavy atom. The molecule has 0 aliphatic heterocycles. The number of imidazole rings is 1. The Kier molecular flexibility index (Phi) is 20.1. The first-order valence-corrected chi connectivity index (χ1v) is 14.9. The first-order chi connectivity index (χ1) is 15.8. The van der Waals surface area contributed by atoms with E-state index in [1.165, 1.54) is 154 Å². The number of rotatable bonds is 24. The summed E-state index contributed by atoms with van der Waals surface area (Å²) < 4.78 is 5.14. The van der Waals surface area contributed by atoms with E-state index in [2.05, 4.69) is 42.3 Å². The Bertz CT molecular complexity index is 505. The number of unbranched alkanes of at least 4 members (excludes halogenated alkanes) is 18. The fraction of sp³-hybridized carbons (Fsp3) is 0.900. The van der Waals surface area contributed by atoms with E-state index in [9.17, 15) is 0 Å². The molecule has 0 atom stereocenters. The fourth-order valence-corrected chi connectivity index (χ4v) is 4.88. The molecule has 0 saturated heterocycles. The SMILES string of the molecule is CCCCCCCCCCCCCCC[n+]1ccn(CCCC)c1CCCCCCCC. The van der Waals surface area contributed by atoms with Crippen LogP contribution in [0.3, 0.4) is 0 Å². The van der Waals surface area contributed by atoms with Crippen molar-refractivity contribution in [2.24, 2.45) is 0 Å². The van der Waals surface area contributed by atoms with Gasteiger partial charge in [-0.2, -0.15) is 0 Å². The summed E-state index contributed by atoms with van der Waals surface area (Å²) in [6.07, 6.45) is 35.6. The van der Waals surface area contributed by atoms with Crippen molar-refractivity contribution in [2.75, 3.05) is 0 Å². The molecule has 0 radical (unpaired) electrons. The zero-order valence-electron chi connectivity index (χ0n) is 22.5. The van der Waals surface area contributed by atoms with Gasteiger partial charge in [0.1, 0.15) is 12.4 Å². The summed E-state index contributed by atoms with van der Waals surface area (Å²) >= 11 is 0. The van der Waals surface area contributed by atoms with Crippen LogP contribution in [0.25, 0.3) is 0 Å². The molecule has 188 valence electrons. The van der Waals surface area contributed by atoms with Crippen molar-refractivity contribution in [1.82, 2.24) is 4.57 Å². The fourth-order valence-electron chi connectivity index (χ4n) is 4.88. The van der Waals surface area contributed by atoms with E-state index < -0.39 is 0 Å². The topological polar surface area (TPSA) is 8.81 Å². The molecular formula is C30H59N2+. The van der Waals surface area contributed by atoms with Crippen LogP contribution >= 0.6 is 0 Å². The minimum absolute atomic E-state index is 1.20. The average molecular weight is 448 g/mol. The molecule has 0 amide bonds. The van der Waals surface area contributed by atoms with Crippen LogP contribution in [-0.4, -0.2) is 4.57 Å². The first kappa shape index (κ1) is 29.2. The Morgan fingerprint density at radius 1 is 0.531 bits per heavy atom. The van der Waals surface area contributed by atoms with Crippen LogP contribution < -0.4 is 4.57 Å². The Hall–Kier alpha value is -0.790. The molecule has 0 unspecified atom stereocenters. The lowest BCUT2D eigenvalue weighted by Gasteiger charge is -2.06. The minimum atomic E-state index is 1.20. The van der Waals surface area contributed by atoms with Crippen LogP contribution in [0.4, 0.5) is 0 Å². The predicted octanol–water partition coefficient (Wildman–Crippen LogP) is 9.57. The summed E-state index contributed by atoms with van der Waals surface area (Å²) in [7, 11) is 0. The van der Waals surface area contributed by atoms with E-state index in [-0.39, 0.29) is 0 Å². The lowest BCUT2D eigenvalue weighted by Crippen LogP contribution is -2.37. The van der Waals surface area contributed by atoms with Gasteiger partial charge in [0.15, 0.2) is 0 Å².